The highest BCUT2D eigenvalue weighted by Crippen LogP contribution is 2.41. The van der Waals surface area contributed by atoms with Gasteiger partial charge in [0.05, 0.1) is 23.4 Å². The van der Waals surface area contributed by atoms with E-state index in [1.165, 1.54) is 31.6 Å². The molecule has 1 aromatic heterocycles. The molecule has 168 valence electrons. The molecule has 4 aromatic rings. The largest absolute Gasteiger partial charge is 0.497 e. The molecular weight excluding hydrogens is 555 g/mol. The van der Waals surface area contributed by atoms with Crippen LogP contribution >= 0.6 is 33.9 Å². The van der Waals surface area contributed by atoms with Crippen LogP contribution in [0.2, 0.25) is 0 Å². The highest BCUT2D eigenvalue weighted by Gasteiger charge is 2.32. The zero-order chi connectivity index (χ0) is 23.2. The van der Waals surface area contributed by atoms with Gasteiger partial charge in [-0.2, -0.15) is 0 Å². The van der Waals surface area contributed by atoms with Gasteiger partial charge in [0.2, 0.25) is 0 Å². The second kappa shape index (κ2) is 8.67. The molecule has 6 rings (SSSR count). The molecule has 1 aliphatic carbocycles. The van der Waals surface area contributed by atoms with E-state index in [9.17, 15) is 4.79 Å². The predicted octanol–water partition coefficient (Wildman–Crippen LogP) is 4.93. The zero-order valence-corrected chi connectivity index (χ0v) is 21.5. The molecule has 0 bridgehead atoms. The quantitative estimate of drug-likeness (QED) is 0.325. The molecule has 0 unspecified atom stereocenters. The van der Waals surface area contributed by atoms with Gasteiger partial charge in [-0.1, -0.05) is 59.9 Å². The van der Waals surface area contributed by atoms with Gasteiger partial charge in [-0.15, -0.1) is 0 Å². The minimum atomic E-state index is -0.176. The number of rotatable bonds is 3. The molecule has 34 heavy (non-hydrogen) atoms. The summed E-state index contributed by atoms with van der Waals surface area (Å²) in [6.45, 7) is 0. The zero-order valence-electron chi connectivity index (χ0n) is 18.5. The molecule has 0 N–H and O–H groups in total. The van der Waals surface area contributed by atoms with Crippen LogP contribution in [0.5, 0.6) is 5.75 Å². The normalized spacial score (nSPS) is 17.0. The number of fused-ring (bicyclic) bond motifs is 3. The smallest absolute Gasteiger partial charge is 0.271 e. The molecule has 0 saturated carbocycles. The summed E-state index contributed by atoms with van der Waals surface area (Å²) < 4.78 is 9.13. The molecule has 0 saturated heterocycles. The first-order chi connectivity index (χ1) is 16.6. The number of thiazole rings is 1. The molecule has 1 atom stereocenters. The van der Waals surface area contributed by atoms with Gasteiger partial charge in [0.15, 0.2) is 4.80 Å². The topological polar surface area (TPSA) is 43.6 Å². The SMILES string of the molecule is COc1ccc([C@H]2C3=C(N=c4s/c(=C\c5ccc(I)cc5)c(=O)n42)c2ccccc2CC3)cc1. The summed E-state index contributed by atoms with van der Waals surface area (Å²) in [4.78, 5) is 19.6. The van der Waals surface area contributed by atoms with E-state index in [4.69, 9.17) is 9.73 Å². The molecule has 2 aliphatic rings. The Hall–Kier alpha value is -2.97. The number of hydrogen-bond donors (Lipinski definition) is 0. The molecule has 6 heteroatoms. The molecule has 0 fully saturated rings. The molecule has 0 spiro atoms. The van der Waals surface area contributed by atoms with Gasteiger partial charge in [0.25, 0.3) is 5.56 Å². The van der Waals surface area contributed by atoms with E-state index >= 15 is 0 Å². The summed E-state index contributed by atoms with van der Waals surface area (Å²) in [7, 11) is 1.67. The lowest BCUT2D eigenvalue weighted by Crippen LogP contribution is -2.38. The summed E-state index contributed by atoms with van der Waals surface area (Å²) in [5.41, 5.74) is 6.81. The van der Waals surface area contributed by atoms with Gasteiger partial charge in [-0.25, -0.2) is 4.99 Å². The molecule has 0 radical (unpaired) electrons. The molecule has 4 nitrogen and oxygen atoms in total. The fraction of sp³-hybridized carbons (Fsp3) is 0.143. The number of nitrogens with zero attached hydrogens (tertiary/aromatic N) is 2. The summed E-state index contributed by atoms with van der Waals surface area (Å²) in [6.07, 6.45) is 3.80. The Labute approximate surface area is 214 Å². The highest BCUT2D eigenvalue weighted by molar-refractivity contribution is 14.1. The van der Waals surface area contributed by atoms with E-state index < -0.39 is 0 Å². The lowest BCUT2D eigenvalue weighted by Gasteiger charge is -2.30. The fourth-order valence-corrected chi connectivity index (χ4v) is 6.18. The first kappa shape index (κ1) is 21.6. The molecule has 3 aromatic carbocycles. The predicted molar refractivity (Wildman–Crippen MR) is 145 cm³/mol. The summed E-state index contributed by atoms with van der Waals surface area (Å²) in [5.74, 6) is 0.804. The van der Waals surface area contributed by atoms with Crippen LogP contribution in [0.25, 0.3) is 11.8 Å². The third kappa shape index (κ3) is 3.65. The number of aryl methyl sites for hydroxylation is 1. The number of hydrogen-bond acceptors (Lipinski definition) is 4. The standard InChI is InChI=1S/C28H21IN2O2S/c1-33-21-13-8-19(9-14-21)26-23-15-10-18-4-2-3-5-22(18)25(23)30-28-31(26)27(32)24(34-28)16-17-6-11-20(29)12-7-17/h2-9,11-14,16,26H,10,15H2,1H3/b24-16-/t26-/m0/s1. The second-order valence-corrected chi connectivity index (χ2v) is 10.7. The van der Waals surface area contributed by atoms with E-state index in [2.05, 4.69) is 71.1 Å². The number of allylic oxidation sites excluding steroid dienone is 1. The summed E-state index contributed by atoms with van der Waals surface area (Å²) in [6, 6.07) is 24.6. The van der Waals surface area contributed by atoms with Crippen molar-refractivity contribution in [2.45, 2.75) is 18.9 Å². The van der Waals surface area contributed by atoms with Crippen LogP contribution in [-0.2, 0) is 6.42 Å². The second-order valence-electron chi connectivity index (χ2n) is 8.44. The van der Waals surface area contributed by atoms with Crippen LogP contribution < -0.4 is 19.6 Å². The van der Waals surface area contributed by atoms with E-state index in [0.29, 0.717) is 4.53 Å². The number of methoxy groups -OCH3 is 1. The van der Waals surface area contributed by atoms with Gasteiger partial charge in [-0.3, -0.25) is 9.36 Å². The Kier molecular flexibility index (Phi) is 5.50. The third-order valence-corrected chi connectivity index (χ3v) is 8.17. The van der Waals surface area contributed by atoms with Crippen molar-refractivity contribution in [3.63, 3.8) is 0 Å². The van der Waals surface area contributed by atoms with Crippen molar-refractivity contribution in [1.82, 2.24) is 4.57 Å². The van der Waals surface area contributed by atoms with Crippen molar-refractivity contribution in [2.24, 2.45) is 4.99 Å². The number of halogens is 1. The van der Waals surface area contributed by atoms with Gasteiger partial charge in [0.1, 0.15) is 5.75 Å². The average Bonchev–Trinajstić information content (AvgIpc) is 3.18. The number of benzene rings is 3. The van der Waals surface area contributed by atoms with Crippen LogP contribution in [0, 0.1) is 3.57 Å². The van der Waals surface area contributed by atoms with Crippen LogP contribution in [-0.4, -0.2) is 11.7 Å². The van der Waals surface area contributed by atoms with Gasteiger partial charge >= 0.3 is 0 Å². The Morgan fingerprint density at radius 2 is 1.79 bits per heavy atom. The number of ether oxygens (including phenoxy) is 1. The Bertz CT molecular complexity index is 1610. The van der Waals surface area contributed by atoms with Crippen molar-refractivity contribution < 1.29 is 4.74 Å². The first-order valence-electron chi connectivity index (χ1n) is 11.1. The van der Waals surface area contributed by atoms with E-state index in [-0.39, 0.29) is 11.6 Å². The molecule has 0 amide bonds. The van der Waals surface area contributed by atoms with E-state index in [1.54, 1.807) is 7.11 Å². The number of aromatic nitrogens is 1. The maximum atomic E-state index is 13.7. The Balaban J connectivity index is 1.60. The van der Waals surface area contributed by atoms with Crippen LogP contribution in [0.3, 0.4) is 0 Å². The minimum Gasteiger partial charge on any atom is -0.497 e. The summed E-state index contributed by atoms with van der Waals surface area (Å²) in [5, 5.41) is 0. The Morgan fingerprint density at radius 3 is 2.56 bits per heavy atom. The maximum absolute atomic E-state index is 13.7. The monoisotopic (exact) mass is 576 g/mol. The minimum absolute atomic E-state index is 0.00790. The summed E-state index contributed by atoms with van der Waals surface area (Å²) >= 11 is 3.76. The van der Waals surface area contributed by atoms with Crippen molar-refractivity contribution in [2.75, 3.05) is 7.11 Å². The van der Waals surface area contributed by atoms with Crippen molar-refractivity contribution in [1.29, 1.82) is 0 Å². The van der Waals surface area contributed by atoms with Crippen molar-refractivity contribution in [3.8, 4) is 5.75 Å². The maximum Gasteiger partial charge on any atom is 0.271 e. The molecule has 2 heterocycles. The first-order valence-corrected chi connectivity index (χ1v) is 13.0. The lowest BCUT2D eigenvalue weighted by molar-refractivity contribution is 0.414. The van der Waals surface area contributed by atoms with Gasteiger partial charge in [-0.05, 0) is 88.0 Å². The van der Waals surface area contributed by atoms with E-state index in [1.807, 2.05) is 34.9 Å². The average molecular weight is 576 g/mol. The van der Waals surface area contributed by atoms with Crippen LogP contribution in [0.4, 0.5) is 0 Å². The fourth-order valence-electron chi connectivity index (χ4n) is 4.82. The molecule has 1 aliphatic heterocycles. The highest BCUT2D eigenvalue weighted by atomic mass is 127. The van der Waals surface area contributed by atoms with Gasteiger partial charge < -0.3 is 4.74 Å². The lowest BCUT2D eigenvalue weighted by atomic mass is 9.83. The molecular formula is C28H21IN2O2S. The third-order valence-electron chi connectivity index (χ3n) is 6.47. The van der Waals surface area contributed by atoms with Crippen LogP contribution in [0.15, 0.2) is 88.2 Å². The van der Waals surface area contributed by atoms with Crippen molar-refractivity contribution in [3.05, 3.63) is 124 Å². The van der Waals surface area contributed by atoms with E-state index in [0.717, 1.165) is 40.2 Å². The van der Waals surface area contributed by atoms with Gasteiger partial charge in [0, 0.05) is 9.13 Å². The van der Waals surface area contributed by atoms with Crippen molar-refractivity contribution >= 4 is 45.7 Å². The van der Waals surface area contributed by atoms with Crippen LogP contribution in [0.1, 0.15) is 34.7 Å². The Morgan fingerprint density at radius 1 is 1.03 bits per heavy atom.